The number of carbonyl (C=O) groups excluding carboxylic acids is 1. The van der Waals surface area contributed by atoms with Crippen molar-refractivity contribution in [3.8, 4) is 0 Å². The number of benzene rings is 2. The Morgan fingerprint density at radius 1 is 1.05 bits per heavy atom. The molecule has 3 heteroatoms. The Bertz CT molecular complexity index is 554. The Morgan fingerprint density at radius 3 is 2.24 bits per heavy atom. The second kappa shape index (κ2) is 7.60. The SMILES string of the molecule is CN(CC(O)c1ccccc1)C(=O)CCc1ccccc1. The maximum absolute atomic E-state index is 12.1. The van der Waals surface area contributed by atoms with Gasteiger partial charge in [-0.05, 0) is 17.5 Å². The van der Waals surface area contributed by atoms with Gasteiger partial charge in [0.05, 0.1) is 12.6 Å². The lowest BCUT2D eigenvalue weighted by atomic mass is 10.1. The molecule has 1 amide bonds. The van der Waals surface area contributed by atoms with E-state index in [0.717, 1.165) is 17.5 Å². The van der Waals surface area contributed by atoms with Gasteiger partial charge in [0.1, 0.15) is 0 Å². The molecule has 0 aliphatic heterocycles. The number of aryl methyl sites for hydroxylation is 1. The molecule has 110 valence electrons. The van der Waals surface area contributed by atoms with Gasteiger partial charge in [-0.2, -0.15) is 0 Å². The molecule has 0 saturated carbocycles. The number of likely N-dealkylation sites (N-methyl/N-ethyl adjacent to an activating group) is 1. The molecule has 0 heterocycles. The van der Waals surface area contributed by atoms with Crippen molar-refractivity contribution in [2.45, 2.75) is 18.9 Å². The first-order valence-corrected chi connectivity index (χ1v) is 7.17. The first-order valence-electron chi connectivity index (χ1n) is 7.17. The third-order valence-electron chi connectivity index (χ3n) is 3.53. The van der Waals surface area contributed by atoms with Crippen LogP contribution in [0.25, 0.3) is 0 Å². The number of aliphatic hydroxyl groups is 1. The summed E-state index contributed by atoms with van der Waals surface area (Å²) in [7, 11) is 1.74. The lowest BCUT2D eigenvalue weighted by molar-refractivity contribution is -0.131. The third-order valence-corrected chi connectivity index (χ3v) is 3.53. The summed E-state index contributed by atoms with van der Waals surface area (Å²) in [5, 5.41) is 10.1. The topological polar surface area (TPSA) is 40.5 Å². The molecule has 1 atom stereocenters. The van der Waals surface area contributed by atoms with Crippen LogP contribution in [0.3, 0.4) is 0 Å². The summed E-state index contributed by atoms with van der Waals surface area (Å²) in [4.78, 5) is 13.7. The van der Waals surface area contributed by atoms with Crippen LogP contribution in [0.2, 0.25) is 0 Å². The van der Waals surface area contributed by atoms with Crippen LogP contribution in [0, 0.1) is 0 Å². The van der Waals surface area contributed by atoms with E-state index in [2.05, 4.69) is 0 Å². The van der Waals surface area contributed by atoms with Crippen LogP contribution in [0.1, 0.15) is 23.7 Å². The van der Waals surface area contributed by atoms with Crippen LogP contribution in [0.5, 0.6) is 0 Å². The summed E-state index contributed by atoms with van der Waals surface area (Å²) < 4.78 is 0. The standard InChI is InChI=1S/C18H21NO2/c1-19(14-17(20)16-10-6-3-7-11-16)18(21)13-12-15-8-4-2-5-9-15/h2-11,17,20H,12-14H2,1H3. The molecule has 21 heavy (non-hydrogen) atoms. The van der Waals surface area contributed by atoms with Crippen LogP contribution >= 0.6 is 0 Å². The van der Waals surface area contributed by atoms with Crippen molar-refractivity contribution in [3.63, 3.8) is 0 Å². The molecule has 0 aliphatic carbocycles. The molecule has 1 unspecified atom stereocenters. The highest BCUT2D eigenvalue weighted by atomic mass is 16.3. The predicted octanol–water partition coefficient (Wildman–Crippen LogP) is 2.81. The zero-order valence-electron chi connectivity index (χ0n) is 12.3. The number of nitrogens with zero attached hydrogens (tertiary/aromatic N) is 1. The fraction of sp³-hybridized carbons (Fsp3) is 0.278. The molecular weight excluding hydrogens is 262 g/mol. The zero-order chi connectivity index (χ0) is 15.1. The molecule has 0 saturated heterocycles. The van der Waals surface area contributed by atoms with Crippen LogP contribution in [-0.2, 0) is 11.2 Å². The molecule has 0 aromatic heterocycles. The second-order valence-electron chi connectivity index (χ2n) is 5.19. The van der Waals surface area contributed by atoms with Gasteiger partial charge in [-0.3, -0.25) is 4.79 Å². The highest BCUT2D eigenvalue weighted by Gasteiger charge is 2.14. The molecular formula is C18H21NO2. The van der Waals surface area contributed by atoms with Crippen molar-refractivity contribution in [1.82, 2.24) is 4.90 Å². The number of hydrogen-bond acceptors (Lipinski definition) is 2. The molecule has 2 rings (SSSR count). The van der Waals surface area contributed by atoms with E-state index in [0.29, 0.717) is 13.0 Å². The quantitative estimate of drug-likeness (QED) is 0.885. The van der Waals surface area contributed by atoms with E-state index >= 15 is 0 Å². The Labute approximate surface area is 125 Å². The Hall–Kier alpha value is -2.13. The van der Waals surface area contributed by atoms with Gasteiger partial charge in [-0.25, -0.2) is 0 Å². The summed E-state index contributed by atoms with van der Waals surface area (Å²) in [6.07, 6.45) is 0.546. The minimum atomic E-state index is -0.642. The highest BCUT2D eigenvalue weighted by Crippen LogP contribution is 2.13. The first-order chi connectivity index (χ1) is 10.2. The van der Waals surface area contributed by atoms with Crippen molar-refractivity contribution < 1.29 is 9.90 Å². The normalized spacial score (nSPS) is 11.9. The second-order valence-corrected chi connectivity index (χ2v) is 5.19. The van der Waals surface area contributed by atoms with Gasteiger partial charge in [0, 0.05) is 13.5 Å². The highest BCUT2D eigenvalue weighted by molar-refractivity contribution is 5.76. The van der Waals surface area contributed by atoms with E-state index in [9.17, 15) is 9.90 Å². The van der Waals surface area contributed by atoms with Crippen molar-refractivity contribution in [1.29, 1.82) is 0 Å². The number of aliphatic hydroxyl groups excluding tert-OH is 1. The van der Waals surface area contributed by atoms with Crippen molar-refractivity contribution >= 4 is 5.91 Å². The van der Waals surface area contributed by atoms with E-state index < -0.39 is 6.10 Å². The summed E-state index contributed by atoms with van der Waals surface area (Å²) in [5.41, 5.74) is 1.99. The number of rotatable bonds is 6. The maximum Gasteiger partial charge on any atom is 0.222 e. The van der Waals surface area contributed by atoms with Gasteiger partial charge >= 0.3 is 0 Å². The average molecular weight is 283 g/mol. The van der Waals surface area contributed by atoms with Crippen molar-refractivity contribution in [2.75, 3.05) is 13.6 Å². The molecule has 0 radical (unpaired) electrons. The van der Waals surface area contributed by atoms with Gasteiger partial charge in [0.25, 0.3) is 0 Å². The Morgan fingerprint density at radius 2 is 1.62 bits per heavy atom. The largest absolute Gasteiger partial charge is 0.387 e. The summed E-state index contributed by atoms with van der Waals surface area (Å²) in [6.45, 7) is 0.317. The van der Waals surface area contributed by atoms with E-state index in [1.54, 1.807) is 11.9 Å². The molecule has 2 aromatic carbocycles. The van der Waals surface area contributed by atoms with Crippen molar-refractivity contribution in [2.24, 2.45) is 0 Å². The first kappa shape index (κ1) is 15.3. The van der Waals surface area contributed by atoms with Crippen LogP contribution in [-0.4, -0.2) is 29.5 Å². The third kappa shape index (κ3) is 4.72. The lowest BCUT2D eigenvalue weighted by Gasteiger charge is -2.21. The summed E-state index contributed by atoms with van der Waals surface area (Å²) in [6, 6.07) is 19.4. The van der Waals surface area contributed by atoms with Gasteiger partial charge < -0.3 is 10.0 Å². The molecule has 0 bridgehead atoms. The monoisotopic (exact) mass is 283 g/mol. The lowest BCUT2D eigenvalue weighted by Crippen LogP contribution is -2.31. The van der Waals surface area contributed by atoms with Crippen LogP contribution < -0.4 is 0 Å². The predicted molar refractivity (Wildman–Crippen MR) is 83.8 cm³/mol. The molecule has 0 fully saturated rings. The van der Waals surface area contributed by atoms with E-state index in [1.807, 2.05) is 60.7 Å². The molecule has 3 nitrogen and oxygen atoms in total. The minimum Gasteiger partial charge on any atom is -0.387 e. The van der Waals surface area contributed by atoms with Crippen LogP contribution in [0.4, 0.5) is 0 Å². The number of carbonyl (C=O) groups is 1. The van der Waals surface area contributed by atoms with E-state index in [1.165, 1.54) is 0 Å². The maximum atomic E-state index is 12.1. The van der Waals surface area contributed by atoms with Gasteiger partial charge in [-0.1, -0.05) is 60.7 Å². The zero-order valence-corrected chi connectivity index (χ0v) is 12.3. The van der Waals surface area contributed by atoms with Crippen LogP contribution in [0.15, 0.2) is 60.7 Å². The molecule has 1 N–H and O–H groups in total. The number of amides is 1. The fourth-order valence-electron chi connectivity index (χ4n) is 2.23. The molecule has 2 aromatic rings. The summed E-state index contributed by atoms with van der Waals surface area (Å²) in [5.74, 6) is 0.0498. The van der Waals surface area contributed by atoms with Gasteiger partial charge in [-0.15, -0.1) is 0 Å². The summed E-state index contributed by atoms with van der Waals surface area (Å²) >= 11 is 0. The molecule has 0 spiro atoms. The van der Waals surface area contributed by atoms with E-state index in [4.69, 9.17) is 0 Å². The molecule has 0 aliphatic rings. The van der Waals surface area contributed by atoms with Gasteiger partial charge in [0.2, 0.25) is 5.91 Å². The minimum absolute atomic E-state index is 0.0498. The average Bonchev–Trinajstić information content (AvgIpc) is 2.54. The smallest absolute Gasteiger partial charge is 0.222 e. The fourth-order valence-corrected chi connectivity index (χ4v) is 2.23. The Kier molecular flexibility index (Phi) is 5.52. The van der Waals surface area contributed by atoms with Crippen molar-refractivity contribution in [3.05, 3.63) is 71.8 Å². The van der Waals surface area contributed by atoms with Gasteiger partial charge in [0.15, 0.2) is 0 Å². The van der Waals surface area contributed by atoms with E-state index in [-0.39, 0.29) is 5.91 Å². The number of hydrogen-bond donors (Lipinski definition) is 1. The Balaban J connectivity index is 1.82.